The molecule has 0 heterocycles. The molecule has 1 aliphatic carbocycles. The first-order chi connectivity index (χ1) is 16.2. The molecule has 4 rings (SSSR count). The van der Waals surface area contributed by atoms with Crippen molar-refractivity contribution in [2.24, 2.45) is 0 Å². The van der Waals surface area contributed by atoms with Crippen LogP contribution < -0.4 is 15.4 Å². The SMILES string of the molecule is O=C(NC(=O)c1c(F)cccc1F)Nc1cc(Cl)c(Oc2ccc(Cl)c3c2CCCC3)c(Cl)c1. The second-order valence-corrected chi connectivity index (χ2v) is 8.81. The van der Waals surface area contributed by atoms with Crippen LogP contribution in [0.15, 0.2) is 42.5 Å². The molecule has 3 aromatic rings. The van der Waals surface area contributed by atoms with Gasteiger partial charge in [-0.1, -0.05) is 40.9 Å². The van der Waals surface area contributed by atoms with Crippen molar-refractivity contribution in [3.63, 3.8) is 0 Å². The molecule has 176 valence electrons. The van der Waals surface area contributed by atoms with Crippen LogP contribution in [0.1, 0.15) is 34.3 Å². The molecule has 2 N–H and O–H groups in total. The van der Waals surface area contributed by atoms with Crippen LogP contribution in [0.3, 0.4) is 0 Å². The Bertz CT molecular complexity index is 1260. The molecule has 0 bridgehead atoms. The molecule has 0 aliphatic heterocycles. The minimum absolute atomic E-state index is 0.105. The number of ether oxygens (including phenoxy) is 1. The third kappa shape index (κ3) is 5.12. The Balaban J connectivity index is 1.50. The molecule has 3 aromatic carbocycles. The number of nitrogens with one attached hydrogen (secondary N) is 2. The second kappa shape index (κ2) is 10.2. The van der Waals surface area contributed by atoms with Gasteiger partial charge in [-0.15, -0.1) is 0 Å². The largest absolute Gasteiger partial charge is 0.454 e. The first-order valence-electron chi connectivity index (χ1n) is 10.3. The zero-order chi connectivity index (χ0) is 24.4. The van der Waals surface area contributed by atoms with E-state index in [4.69, 9.17) is 39.5 Å². The average molecular weight is 526 g/mol. The summed E-state index contributed by atoms with van der Waals surface area (Å²) in [5, 5.41) is 5.11. The van der Waals surface area contributed by atoms with Crippen molar-refractivity contribution in [1.29, 1.82) is 0 Å². The maximum atomic E-state index is 13.7. The maximum Gasteiger partial charge on any atom is 0.326 e. The van der Waals surface area contributed by atoms with Crippen LogP contribution in [0.5, 0.6) is 11.5 Å². The molecule has 0 fully saturated rings. The Hall–Kier alpha value is -2.87. The first-order valence-corrected chi connectivity index (χ1v) is 11.4. The number of amides is 3. The zero-order valence-electron chi connectivity index (χ0n) is 17.5. The van der Waals surface area contributed by atoms with Crippen molar-refractivity contribution in [2.75, 3.05) is 5.32 Å². The van der Waals surface area contributed by atoms with E-state index in [1.807, 2.05) is 5.32 Å². The molecule has 0 radical (unpaired) electrons. The van der Waals surface area contributed by atoms with Crippen LogP contribution in [-0.2, 0) is 12.8 Å². The summed E-state index contributed by atoms with van der Waals surface area (Å²) < 4.78 is 33.5. The Kier molecular flexibility index (Phi) is 7.26. The lowest BCUT2D eigenvalue weighted by molar-refractivity contribution is 0.0959. The Labute approximate surface area is 209 Å². The van der Waals surface area contributed by atoms with Gasteiger partial charge in [0.25, 0.3) is 5.91 Å². The van der Waals surface area contributed by atoms with Crippen LogP contribution in [0.2, 0.25) is 15.1 Å². The van der Waals surface area contributed by atoms with Crippen LogP contribution >= 0.6 is 34.8 Å². The van der Waals surface area contributed by atoms with Crippen molar-refractivity contribution < 1.29 is 23.1 Å². The summed E-state index contributed by atoms with van der Waals surface area (Å²) in [6.45, 7) is 0. The number of anilines is 1. The lowest BCUT2D eigenvalue weighted by Crippen LogP contribution is -2.35. The topological polar surface area (TPSA) is 67.4 Å². The van der Waals surface area contributed by atoms with Crippen LogP contribution in [0, 0.1) is 11.6 Å². The highest BCUT2D eigenvalue weighted by Crippen LogP contribution is 2.42. The fraction of sp³-hybridized carbons (Fsp3) is 0.167. The van der Waals surface area contributed by atoms with E-state index in [1.54, 1.807) is 12.1 Å². The molecule has 0 saturated carbocycles. The molecular formula is C24H17Cl3F2N2O3. The molecule has 0 aromatic heterocycles. The lowest BCUT2D eigenvalue weighted by Gasteiger charge is -2.21. The van der Waals surface area contributed by atoms with Crippen molar-refractivity contribution >= 4 is 52.4 Å². The van der Waals surface area contributed by atoms with Gasteiger partial charge in [0.05, 0.1) is 10.0 Å². The van der Waals surface area contributed by atoms with E-state index in [-0.39, 0.29) is 21.5 Å². The van der Waals surface area contributed by atoms with Crippen molar-refractivity contribution in [3.8, 4) is 11.5 Å². The van der Waals surface area contributed by atoms with Crippen LogP contribution in [-0.4, -0.2) is 11.9 Å². The summed E-state index contributed by atoms with van der Waals surface area (Å²) in [4.78, 5) is 24.3. The lowest BCUT2D eigenvalue weighted by atomic mass is 9.91. The van der Waals surface area contributed by atoms with Gasteiger partial charge in [0, 0.05) is 10.7 Å². The Morgan fingerprint density at radius 1 is 0.853 bits per heavy atom. The van der Waals surface area contributed by atoms with E-state index in [0.29, 0.717) is 10.8 Å². The fourth-order valence-electron chi connectivity index (χ4n) is 3.77. The number of rotatable bonds is 4. The number of carbonyl (C=O) groups excluding carboxylic acids is 2. The molecule has 1 aliphatic rings. The summed E-state index contributed by atoms with van der Waals surface area (Å²) in [7, 11) is 0. The minimum Gasteiger partial charge on any atom is -0.454 e. The van der Waals surface area contributed by atoms with E-state index in [2.05, 4.69) is 5.32 Å². The van der Waals surface area contributed by atoms with Gasteiger partial charge in [0.15, 0.2) is 5.75 Å². The van der Waals surface area contributed by atoms with E-state index >= 15 is 0 Å². The third-order valence-electron chi connectivity index (χ3n) is 5.32. The van der Waals surface area contributed by atoms with Crippen LogP contribution in [0.4, 0.5) is 19.3 Å². The molecule has 0 spiro atoms. The second-order valence-electron chi connectivity index (χ2n) is 7.59. The number of urea groups is 1. The van der Waals surface area contributed by atoms with Crippen LogP contribution in [0.25, 0.3) is 0 Å². The van der Waals surface area contributed by atoms with Crippen molar-refractivity contribution in [2.45, 2.75) is 25.7 Å². The highest BCUT2D eigenvalue weighted by molar-refractivity contribution is 6.37. The van der Waals surface area contributed by atoms with Crippen molar-refractivity contribution in [1.82, 2.24) is 5.32 Å². The zero-order valence-corrected chi connectivity index (χ0v) is 19.8. The Morgan fingerprint density at radius 3 is 2.12 bits per heavy atom. The van der Waals surface area contributed by atoms with E-state index in [9.17, 15) is 18.4 Å². The minimum atomic E-state index is -1.24. The number of imide groups is 1. The smallest absolute Gasteiger partial charge is 0.326 e. The van der Waals surface area contributed by atoms with Crippen molar-refractivity contribution in [3.05, 3.63) is 85.9 Å². The molecule has 0 saturated heterocycles. The van der Waals surface area contributed by atoms with Gasteiger partial charge in [-0.05, 0) is 73.2 Å². The van der Waals surface area contributed by atoms with E-state index in [0.717, 1.165) is 55.0 Å². The number of benzene rings is 3. The molecule has 10 heteroatoms. The molecule has 0 unspecified atom stereocenters. The third-order valence-corrected chi connectivity index (χ3v) is 6.24. The molecule has 34 heavy (non-hydrogen) atoms. The predicted octanol–water partition coefficient (Wildman–Crippen LogP) is 7.56. The monoisotopic (exact) mass is 524 g/mol. The van der Waals surface area contributed by atoms with Gasteiger partial charge in [-0.25, -0.2) is 13.6 Å². The standard InChI is InChI=1S/C24H17Cl3F2N2O3/c25-15-8-9-20(14-5-2-1-4-13(14)15)34-22-16(26)10-12(11-17(22)27)30-24(33)31-23(32)21-18(28)6-3-7-19(21)29/h3,6-11H,1-2,4-5H2,(H2,30,31,32,33). The summed E-state index contributed by atoms with van der Waals surface area (Å²) in [5.74, 6) is -2.64. The highest BCUT2D eigenvalue weighted by Gasteiger charge is 2.21. The maximum absolute atomic E-state index is 13.7. The van der Waals surface area contributed by atoms with E-state index in [1.165, 1.54) is 12.1 Å². The summed E-state index contributed by atoms with van der Waals surface area (Å²) in [6.07, 6.45) is 3.74. The average Bonchev–Trinajstić information content (AvgIpc) is 2.77. The first kappa shape index (κ1) is 24.3. The number of hydrogen-bond acceptors (Lipinski definition) is 3. The predicted molar refractivity (Wildman–Crippen MR) is 127 cm³/mol. The van der Waals surface area contributed by atoms with Gasteiger partial charge >= 0.3 is 6.03 Å². The summed E-state index contributed by atoms with van der Waals surface area (Å²) >= 11 is 19.0. The van der Waals surface area contributed by atoms with Gasteiger partial charge < -0.3 is 10.1 Å². The number of fused-ring (bicyclic) bond motifs is 1. The van der Waals surface area contributed by atoms with Gasteiger partial charge in [0.2, 0.25) is 0 Å². The normalized spacial score (nSPS) is 12.6. The van der Waals surface area contributed by atoms with E-state index < -0.39 is 29.1 Å². The number of carbonyl (C=O) groups is 2. The molecule has 3 amide bonds. The summed E-state index contributed by atoms with van der Waals surface area (Å²) in [5.41, 5.74) is 1.32. The molecule has 0 atom stereocenters. The Morgan fingerprint density at radius 2 is 1.47 bits per heavy atom. The van der Waals surface area contributed by atoms with Gasteiger partial charge in [0.1, 0.15) is 22.9 Å². The molecule has 5 nitrogen and oxygen atoms in total. The van der Waals surface area contributed by atoms with Gasteiger partial charge in [-0.3, -0.25) is 10.1 Å². The molecular weight excluding hydrogens is 509 g/mol. The number of hydrogen-bond donors (Lipinski definition) is 2. The van der Waals surface area contributed by atoms with Gasteiger partial charge in [-0.2, -0.15) is 0 Å². The highest BCUT2D eigenvalue weighted by atomic mass is 35.5. The summed E-state index contributed by atoms with van der Waals surface area (Å²) in [6, 6.07) is 8.16. The quantitative estimate of drug-likeness (QED) is 0.369. The fourth-order valence-corrected chi connectivity index (χ4v) is 4.60. The number of halogens is 5.